The Hall–Kier alpha value is 0.401. The summed E-state index contributed by atoms with van der Waals surface area (Å²) in [5.74, 6) is -1.11. The molecular weight excluding hydrogens is 314 g/mol. The molecule has 0 aliphatic carbocycles. The number of halogens is 4. The van der Waals surface area contributed by atoms with E-state index in [1.165, 1.54) is 0 Å². The molecule has 1 heterocycles. The molecule has 1 atom stereocenters. The summed E-state index contributed by atoms with van der Waals surface area (Å²) in [5, 5.41) is 0. The average Bonchev–Trinajstić information content (AvgIpc) is 2.88. The van der Waals surface area contributed by atoms with Crippen LogP contribution in [0.15, 0.2) is 18.2 Å². The first-order chi connectivity index (χ1) is 9.47. The van der Waals surface area contributed by atoms with Gasteiger partial charge < -0.3 is 22.4 Å². The van der Waals surface area contributed by atoms with Crippen LogP contribution in [-0.2, 0) is 4.74 Å². The van der Waals surface area contributed by atoms with E-state index in [2.05, 4.69) is 0 Å². The van der Waals surface area contributed by atoms with Crippen LogP contribution in [-0.4, -0.2) is 26.3 Å². The molecule has 1 aliphatic heterocycles. The molecule has 112 valence electrons. The smallest absolute Gasteiger partial charge is 0.491 e. The maximum Gasteiger partial charge on any atom is 1.00 e. The van der Waals surface area contributed by atoms with Crippen molar-refractivity contribution in [1.29, 1.82) is 0 Å². The molecule has 2 rings (SSSR count). The quantitative estimate of drug-likeness (QED) is 0.422. The monoisotopic (exact) mass is 330 g/mol. The molecule has 1 fully saturated rings. The van der Waals surface area contributed by atoms with Gasteiger partial charge in [0.1, 0.15) is 0 Å². The molecule has 1 aromatic carbocycles. The molecule has 21 heavy (non-hydrogen) atoms. The molecule has 1 saturated heterocycles. The Morgan fingerprint density at radius 1 is 1.29 bits per heavy atom. The van der Waals surface area contributed by atoms with Crippen molar-refractivity contribution in [2.75, 3.05) is 13.2 Å². The van der Waals surface area contributed by atoms with Crippen molar-refractivity contribution in [2.45, 2.75) is 31.8 Å². The normalized spacial score (nSPS) is 18.4. The SMILES string of the molecule is Fc1ccc([B-](F)(F)F)cc1OCCCC1CCCO1.[K+]. The summed E-state index contributed by atoms with van der Waals surface area (Å²) < 4.78 is 61.6. The second kappa shape index (κ2) is 8.88. The summed E-state index contributed by atoms with van der Waals surface area (Å²) in [6.07, 6.45) is 3.65. The minimum atomic E-state index is -5.14. The zero-order valence-electron chi connectivity index (χ0n) is 12.0. The molecule has 0 spiro atoms. The van der Waals surface area contributed by atoms with Crippen LogP contribution in [0.25, 0.3) is 0 Å². The van der Waals surface area contributed by atoms with Crippen LogP contribution in [0, 0.1) is 5.82 Å². The standard InChI is InChI=1S/C13H16BF4O2.K/c15-12-6-5-10(14(16,17)18)9-13(12)20-8-2-4-11-3-1-7-19-11;/h5-6,9,11H,1-4,7-8H2;/q-1;+1. The Morgan fingerprint density at radius 2 is 2.05 bits per heavy atom. The summed E-state index contributed by atoms with van der Waals surface area (Å²) in [5.41, 5.74) is -0.847. The number of hydrogen-bond acceptors (Lipinski definition) is 2. The van der Waals surface area contributed by atoms with Gasteiger partial charge in [-0.25, -0.2) is 4.39 Å². The van der Waals surface area contributed by atoms with Gasteiger partial charge in [-0.2, -0.15) is 0 Å². The summed E-state index contributed by atoms with van der Waals surface area (Å²) in [7, 11) is 0. The van der Waals surface area contributed by atoms with E-state index in [0.29, 0.717) is 6.42 Å². The van der Waals surface area contributed by atoms with Crippen LogP contribution in [0.5, 0.6) is 5.75 Å². The Balaban J connectivity index is 0.00000220. The number of ether oxygens (including phenoxy) is 2. The van der Waals surface area contributed by atoms with E-state index in [1.807, 2.05) is 0 Å². The molecule has 1 unspecified atom stereocenters. The van der Waals surface area contributed by atoms with E-state index in [-0.39, 0.29) is 69.8 Å². The molecule has 1 aromatic rings. The van der Waals surface area contributed by atoms with Crippen LogP contribution < -0.4 is 61.6 Å². The van der Waals surface area contributed by atoms with E-state index < -0.39 is 18.3 Å². The van der Waals surface area contributed by atoms with Crippen LogP contribution >= 0.6 is 0 Å². The fourth-order valence-electron chi connectivity index (χ4n) is 2.20. The Bertz CT molecular complexity index is 450. The zero-order valence-corrected chi connectivity index (χ0v) is 15.1. The molecule has 0 aromatic heterocycles. The average molecular weight is 330 g/mol. The second-order valence-electron chi connectivity index (χ2n) is 4.89. The van der Waals surface area contributed by atoms with Gasteiger partial charge in [0.2, 0.25) is 0 Å². The van der Waals surface area contributed by atoms with Gasteiger partial charge in [-0.05, 0) is 37.8 Å². The molecular formula is C13H16BF4KO2. The predicted octanol–water partition coefficient (Wildman–Crippen LogP) is 0.222. The van der Waals surface area contributed by atoms with E-state index >= 15 is 0 Å². The van der Waals surface area contributed by atoms with Gasteiger partial charge >= 0.3 is 58.4 Å². The molecule has 0 saturated carbocycles. The van der Waals surface area contributed by atoms with Gasteiger partial charge in [0.05, 0.1) is 12.7 Å². The van der Waals surface area contributed by atoms with Crippen molar-refractivity contribution in [3.8, 4) is 5.75 Å². The first-order valence-electron chi connectivity index (χ1n) is 6.70. The second-order valence-corrected chi connectivity index (χ2v) is 4.89. The number of hydrogen-bond donors (Lipinski definition) is 0. The largest absolute Gasteiger partial charge is 1.00 e. The van der Waals surface area contributed by atoms with Crippen molar-refractivity contribution >= 4 is 12.4 Å². The van der Waals surface area contributed by atoms with Crippen LogP contribution in [0.4, 0.5) is 17.3 Å². The Morgan fingerprint density at radius 3 is 2.67 bits per heavy atom. The Kier molecular flexibility index (Phi) is 8.23. The fourth-order valence-corrected chi connectivity index (χ4v) is 2.20. The van der Waals surface area contributed by atoms with Crippen molar-refractivity contribution in [3.63, 3.8) is 0 Å². The van der Waals surface area contributed by atoms with Crippen molar-refractivity contribution in [2.24, 2.45) is 0 Å². The number of benzene rings is 1. The summed E-state index contributed by atoms with van der Waals surface area (Å²) >= 11 is 0. The summed E-state index contributed by atoms with van der Waals surface area (Å²) in [6, 6.07) is 2.25. The maximum atomic E-state index is 13.4. The first kappa shape index (κ1) is 19.4. The number of rotatable bonds is 6. The van der Waals surface area contributed by atoms with Gasteiger partial charge in [0.25, 0.3) is 0 Å². The van der Waals surface area contributed by atoms with Crippen LogP contribution in [0.2, 0.25) is 0 Å². The van der Waals surface area contributed by atoms with Crippen LogP contribution in [0.3, 0.4) is 0 Å². The minimum absolute atomic E-state index is 0. The van der Waals surface area contributed by atoms with E-state index in [9.17, 15) is 17.3 Å². The van der Waals surface area contributed by atoms with E-state index in [0.717, 1.165) is 44.1 Å². The first-order valence-corrected chi connectivity index (χ1v) is 6.70. The van der Waals surface area contributed by atoms with Gasteiger partial charge in [0.15, 0.2) is 11.6 Å². The molecule has 0 amide bonds. The third kappa shape index (κ3) is 6.19. The molecule has 2 nitrogen and oxygen atoms in total. The topological polar surface area (TPSA) is 18.5 Å². The van der Waals surface area contributed by atoms with Crippen molar-refractivity contribution in [1.82, 2.24) is 0 Å². The van der Waals surface area contributed by atoms with E-state index in [1.54, 1.807) is 0 Å². The third-order valence-corrected chi connectivity index (χ3v) is 3.29. The minimum Gasteiger partial charge on any atom is -0.491 e. The van der Waals surface area contributed by atoms with Crippen molar-refractivity contribution < 1.29 is 78.2 Å². The molecule has 0 bridgehead atoms. The van der Waals surface area contributed by atoms with E-state index in [4.69, 9.17) is 9.47 Å². The maximum absolute atomic E-state index is 13.4. The van der Waals surface area contributed by atoms with Gasteiger partial charge in [0, 0.05) is 6.61 Å². The third-order valence-electron chi connectivity index (χ3n) is 3.29. The summed E-state index contributed by atoms with van der Waals surface area (Å²) in [6.45, 7) is -4.19. The van der Waals surface area contributed by atoms with Crippen LogP contribution in [0.1, 0.15) is 25.7 Å². The van der Waals surface area contributed by atoms with Gasteiger partial charge in [-0.3, -0.25) is 0 Å². The molecule has 1 aliphatic rings. The molecule has 8 heteroatoms. The predicted molar refractivity (Wildman–Crippen MR) is 68.8 cm³/mol. The fraction of sp³-hybridized carbons (Fsp3) is 0.538. The summed E-state index contributed by atoms with van der Waals surface area (Å²) in [4.78, 5) is 0. The van der Waals surface area contributed by atoms with Crippen molar-refractivity contribution in [3.05, 3.63) is 24.0 Å². The van der Waals surface area contributed by atoms with Gasteiger partial charge in [-0.15, -0.1) is 5.46 Å². The molecule has 0 N–H and O–H groups in total. The zero-order chi connectivity index (χ0) is 14.6. The Labute approximate surface area is 164 Å². The molecule has 0 radical (unpaired) electrons. The van der Waals surface area contributed by atoms with Gasteiger partial charge in [-0.1, -0.05) is 6.07 Å².